The van der Waals surface area contributed by atoms with Gasteiger partial charge in [0.25, 0.3) is 0 Å². The Labute approximate surface area is 240 Å². The van der Waals surface area contributed by atoms with Crippen molar-refractivity contribution >= 4 is 65.0 Å². The van der Waals surface area contributed by atoms with Crippen LogP contribution in [0.25, 0.3) is 76.2 Å². The van der Waals surface area contributed by atoms with Crippen LogP contribution >= 0.6 is 11.3 Å². The molecule has 0 aliphatic heterocycles. The van der Waals surface area contributed by atoms with E-state index in [2.05, 4.69) is 154 Å². The van der Waals surface area contributed by atoms with Gasteiger partial charge < -0.3 is 9.13 Å². The van der Waals surface area contributed by atoms with Crippen molar-refractivity contribution in [1.82, 2.24) is 9.13 Å². The maximum Gasteiger partial charge on any atom is 0.0647 e. The van der Waals surface area contributed by atoms with Crippen molar-refractivity contribution < 1.29 is 0 Å². The molecule has 3 aromatic heterocycles. The molecule has 0 spiro atoms. The molecule has 41 heavy (non-hydrogen) atoms. The summed E-state index contributed by atoms with van der Waals surface area (Å²) in [5.74, 6) is 0. The molecule has 6 aromatic carbocycles. The fourth-order valence-electron chi connectivity index (χ4n) is 6.56. The van der Waals surface area contributed by atoms with E-state index in [-0.39, 0.29) is 0 Å². The van der Waals surface area contributed by atoms with Crippen LogP contribution in [-0.2, 0) is 0 Å². The van der Waals surface area contributed by atoms with Crippen molar-refractivity contribution in [3.8, 4) is 22.5 Å². The van der Waals surface area contributed by atoms with Gasteiger partial charge in [0.15, 0.2) is 0 Å². The second kappa shape index (κ2) is 8.69. The molecular weight excluding hydrogens is 516 g/mol. The smallest absolute Gasteiger partial charge is 0.0647 e. The van der Waals surface area contributed by atoms with Crippen molar-refractivity contribution in [3.63, 3.8) is 0 Å². The predicted octanol–water partition coefficient (Wildman–Crippen LogP) is 10.8. The summed E-state index contributed by atoms with van der Waals surface area (Å²) in [6, 6.07) is 50.7. The zero-order valence-electron chi connectivity index (χ0n) is 22.2. The number of rotatable bonds is 3. The zero-order chi connectivity index (χ0) is 26.9. The van der Waals surface area contributed by atoms with Crippen LogP contribution in [0.5, 0.6) is 0 Å². The lowest BCUT2D eigenvalue weighted by molar-refractivity contribution is 1.18. The van der Waals surface area contributed by atoms with Gasteiger partial charge in [-0.1, -0.05) is 84.9 Å². The van der Waals surface area contributed by atoms with Crippen LogP contribution in [0.4, 0.5) is 0 Å². The van der Waals surface area contributed by atoms with Crippen molar-refractivity contribution in [2.75, 3.05) is 0 Å². The monoisotopic (exact) mass is 540 g/mol. The minimum atomic E-state index is 1.18. The number of para-hydroxylation sites is 3. The molecule has 192 valence electrons. The molecule has 0 bridgehead atoms. The van der Waals surface area contributed by atoms with Gasteiger partial charge in [-0.15, -0.1) is 11.3 Å². The minimum Gasteiger partial charge on any atom is -0.309 e. The average molecular weight is 541 g/mol. The standard InChI is InChI=1S/C38H24N2S/c1-2-10-27(11-3-1)39-33-15-7-4-12-28(33)31-22-25(18-20-35(31)39)26-19-21-36-32(23-26)29-13-5-8-16-34(29)40(36)37-24-41-38-17-9-6-14-30(37)38/h1-24H. The van der Waals surface area contributed by atoms with Crippen LogP contribution < -0.4 is 0 Å². The molecule has 0 atom stereocenters. The van der Waals surface area contributed by atoms with Crippen molar-refractivity contribution in [1.29, 1.82) is 0 Å². The molecule has 0 aliphatic rings. The number of benzene rings is 6. The Hall–Kier alpha value is -5.12. The molecule has 3 heterocycles. The van der Waals surface area contributed by atoms with Crippen LogP contribution in [0.15, 0.2) is 145 Å². The SMILES string of the molecule is c1ccc(-n2c3ccccc3c3cc(-c4ccc5c(c4)c4ccccc4n5-c4csc5ccccc45)ccc32)cc1. The highest BCUT2D eigenvalue weighted by Crippen LogP contribution is 2.40. The summed E-state index contributed by atoms with van der Waals surface area (Å²) < 4.78 is 6.12. The third kappa shape index (κ3) is 3.30. The zero-order valence-corrected chi connectivity index (χ0v) is 23.0. The van der Waals surface area contributed by atoms with Crippen LogP contribution in [-0.4, -0.2) is 9.13 Å². The summed E-state index contributed by atoms with van der Waals surface area (Å²) in [6.45, 7) is 0. The average Bonchev–Trinajstić information content (AvgIpc) is 3.71. The first kappa shape index (κ1) is 22.7. The fraction of sp³-hybridized carbons (Fsp3) is 0. The summed E-state index contributed by atoms with van der Waals surface area (Å²) in [7, 11) is 0. The van der Waals surface area contributed by atoms with E-state index < -0.39 is 0 Å². The predicted molar refractivity (Wildman–Crippen MR) is 176 cm³/mol. The first-order valence-corrected chi connectivity index (χ1v) is 14.8. The number of thiophene rings is 1. The van der Waals surface area contributed by atoms with E-state index in [1.54, 1.807) is 0 Å². The highest BCUT2D eigenvalue weighted by atomic mass is 32.1. The van der Waals surface area contributed by atoms with E-state index >= 15 is 0 Å². The summed E-state index contributed by atoms with van der Waals surface area (Å²) in [5.41, 5.74) is 9.82. The van der Waals surface area contributed by atoms with Crippen LogP contribution in [0, 0.1) is 0 Å². The molecule has 2 nitrogen and oxygen atoms in total. The van der Waals surface area contributed by atoms with Gasteiger partial charge in [0.1, 0.15) is 0 Å². The summed E-state index contributed by atoms with van der Waals surface area (Å²) in [4.78, 5) is 0. The summed E-state index contributed by atoms with van der Waals surface area (Å²) >= 11 is 1.81. The highest BCUT2D eigenvalue weighted by molar-refractivity contribution is 7.17. The lowest BCUT2D eigenvalue weighted by Crippen LogP contribution is -1.93. The molecule has 0 unspecified atom stereocenters. The lowest BCUT2D eigenvalue weighted by Gasteiger charge is -2.09. The van der Waals surface area contributed by atoms with Gasteiger partial charge in [0.2, 0.25) is 0 Å². The van der Waals surface area contributed by atoms with Gasteiger partial charge in [-0.05, 0) is 65.7 Å². The van der Waals surface area contributed by atoms with Gasteiger partial charge in [0, 0.05) is 42.7 Å². The first-order valence-electron chi connectivity index (χ1n) is 13.9. The van der Waals surface area contributed by atoms with E-state index in [9.17, 15) is 0 Å². The van der Waals surface area contributed by atoms with Crippen LogP contribution in [0.3, 0.4) is 0 Å². The van der Waals surface area contributed by atoms with Crippen molar-refractivity contribution in [2.24, 2.45) is 0 Å². The molecule has 9 rings (SSSR count). The van der Waals surface area contributed by atoms with E-state index in [1.807, 2.05) is 11.3 Å². The maximum atomic E-state index is 2.43. The van der Waals surface area contributed by atoms with E-state index in [1.165, 1.54) is 76.2 Å². The van der Waals surface area contributed by atoms with E-state index in [4.69, 9.17) is 0 Å². The third-order valence-corrected chi connectivity index (χ3v) is 9.35. The number of nitrogens with zero attached hydrogens (tertiary/aromatic N) is 2. The quantitative estimate of drug-likeness (QED) is 0.211. The molecule has 0 aliphatic carbocycles. The summed E-state index contributed by atoms with van der Waals surface area (Å²) in [5, 5.41) is 8.69. The largest absolute Gasteiger partial charge is 0.309 e. The van der Waals surface area contributed by atoms with Gasteiger partial charge in [-0.25, -0.2) is 0 Å². The molecule has 9 aromatic rings. The Morgan fingerprint density at radius 2 is 0.902 bits per heavy atom. The molecule has 0 amide bonds. The molecular formula is C38H24N2S. The Morgan fingerprint density at radius 3 is 1.59 bits per heavy atom. The van der Waals surface area contributed by atoms with Crippen molar-refractivity contribution in [2.45, 2.75) is 0 Å². The van der Waals surface area contributed by atoms with Crippen LogP contribution in [0.2, 0.25) is 0 Å². The topological polar surface area (TPSA) is 9.86 Å². The second-order valence-electron chi connectivity index (χ2n) is 10.6. The molecule has 0 saturated heterocycles. The van der Waals surface area contributed by atoms with Gasteiger partial charge >= 0.3 is 0 Å². The van der Waals surface area contributed by atoms with Gasteiger partial charge in [0.05, 0.1) is 27.8 Å². The number of hydrogen-bond acceptors (Lipinski definition) is 1. The number of fused-ring (bicyclic) bond motifs is 7. The van der Waals surface area contributed by atoms with E-state index in [0.29, 0.717) is 0 Å². The molecule has 0 saturated carbocycles. The Bertz CT molecular complexity index is 2420. The number of aromatic nitrogens is 2. The molecule has 0 fully saturated rings. The Kier molecular flexibility index (Phi) is 4.80. The fourth-order valence-corrected chi connectivity index (χ4v) is 7.48. The summed E-state index contributed by atoms with van der Waals surface area (Å²) in [6.07, 6.45) is 0. The van der Waals surface area contributed by atoms with Gasteiger partial charge in [-0.2, -0.15) is 0 Å². The first-order chi connectivity index (χ1) is 20.3. The maximum absolute atomic E-state index is 2.43. The highest BCUT2D eigenvalue weighted by Gasteiger charge is 2.17. The molecule has 3 heteroatoms. The van der Waals surface area contributed by atoms with Gasteiger partial charge in [-0.3, -0.25) is 0 Å². The molecule has 0 radical (unpaired) electrons. The Balaban J connectivity index is 1.28. The molecule has 0 N–H and O–H groups in total. The Morgan fingerprint density at radius 1 is 0.390 bits per heavy atom. The van der Waals surface area contributed by atoms with Crippen molar-refractivity contribution in [3.05, 3.63) is 145 Å². The number of hydrogen-bond donors (Lipinski definition) is 0. The second-order valence-corrected chi connectivity index (χ2v) is 11.5. The lowest BCUT2D eigenvalue weighted by atomic mass is 10.0. The van der Waals surface area contributed by atoms with E-state index in [0.717, 1.165) is 0 Å². The van der Waals surface area contributed by atoms with Crippen LogP contribution in [0.1, 0.15) is 0 Å². The normalized spacial score (nSPS) is 11.9. The minimum absolute atomic E-state index is 1.18. The third-order valence-electron chi connectivity index (χ3n) is 8.39.